The second-order valence-corrected chi connectivity index (χ2v) is 7.31. The molecular weight excluding hydrogens is 330 g/mol. The van der Waals surface area contributed by atoms with E-state index in [0.29, 0.717) is 19.4 Å². The lowest BCUT2D eigenvalue weighted by molar-refractivity contribution is -0.121. The van der Waals surface area contributed by atoms with Crippen LogP contribution in [0.2, 0.25) is 0 Å². The van der Waals surface area contributed by atoms with E-state index in [4.69, 9.17) is 0 Å². The molecular formula is C14H18F2N2O4S. The summed E-state index contributed by atoms with van der Waals surface area (Å²) in [5, 5.41) is 2.54. The summed E-state index contributed by atoms with van der Waals surface area (Å²) >= 11 is 0. The van der Waals surface area contributed by atoms with Crippen molar-refractivity contribution in [3.05, 3.63) is 24.3 Å². The number of nitrogens with one attached hydrogen (secondary N) is 1. The summed E-state index contributed by atoms with van der Waals surface area (Å²) in [6, 6.07) is 5.87. The number of anilines is 1. The van der Waals surface area contributed by atoms with Gasteiger partial charge in [-0.1, -0.05) is 12.1 Å². The first-order valence-electron chi connectivity index (χ1n) is 7.07. The van der Waals surface area contributed by atoms with Crippen LogP contribution in [0.25, 0.3) is 0 Å². The Morgan fingerprint density at radius 2 is 2.09 bits per heavy atom. The fourth-order valence-corrected chi connectivity index (χ4v) is 3.37. The minimum absolute atomic E-state index is 0.0859. The summed E-state index contributed by atoms with van der Waals surface area (Å²) in [7, 11) is -3.36. The average Bonchev–Trinajstić information content (AvgIpc) is 2.48. The highest BCUT2D eigenvalue weighted by Crippen LogP contribution is 2.27. The highest BCUT2D eigenvalue weighted by atomic mass is 32.2. The molecule has 1 aromatic rings. The van der Waals surface area contributed by atoms with Crippen LogP contribution in [0.5, 0.6) is 5.75 Å². The molecule has 128 valence electrons. The molecule has 0 saturated carbocycles. The van der Waals surface area contributed by atoms with Crippen molar-refractivity contribution in [2.75, 3.05) is 24.7 Å². The Balaban J connectivity index is 2.07. The Kier molecular flexibility index (Phi) is 5.53. The van der Waals surface area contributed by atoms with Gasteiger partial charge in [0.05, 0.1) is 17.9 Å². The number of nitrogens with zero attached hydrogens (tertiary/aromatic N) is 1. The second-order valence-electron chi connectivity index (χ2n) is 5.32. The number of alkyl halides is 2. The molecule has 23 heavy (non-hydrogen) atoms. The zero-order valence-electron chi connectivity index (χ0n) is 12.5. The molecule has 1 saturated heterocycles. The first kappa shape index (κ1) is 17.6. The smallest absolute Gasteiger partial charge is 0.387 e. The van der Waals surface area contributed by atoms with Gasteiger partial charge in [0.15, 0.2) is 0 Å². The molecule has 1 fully saturated rings. The van der Waals surface area contributed by atoms with Gasteiger partial charge in [-0.05, 0) is 25.0 Å². The number of benzene rings is 1. The zero-order chi connectivity index (χ0) is 17.0. The van der Waals surface area contributed by atoms with Crippen molar-refractivity contribution in [3.8, 4) is 5.75 Å². The third-order valence-corrected chi connectivity index (χ3v) is 4.85. The molecule has 1 aliphatic heterocycles. The van der Waals surface area contributed by atoms with E-state index in [9.17, 15) is 22.0 Å². The summed E-state index contributed by atoms with van der Waals surface area (Å²) in [6.07, 6.45) is 2.20. The molecule has 1 aliphatic rings. The van der Waals surface area contributed by atoms with Crippen molar-refractivity contribution in [2.45, 2.75) is 19.5 Å². The summed E-state index contributed by atoms with van der Waals surface area (Å²) < 4.78 is 53.5. The molecule has 9 heteroatoms. The number of piperidine rings is 1. The topological polar surface area (TPSA) is 75.7 Å². The lowest BCUT2D eigenvalue weighted by Gasteiger charge is -2.30. The van der Waals surface area contributed by atoms with Crippen molar-refractivity contribution in [1.82, 2.24) is 4.31 Å². The minimum Gasteiger partial charge on any atom is -0.433 e. The molecule has 1 aromatic carbocycles. The molecule has 1 amide bonds. The fourth-order valence-electron chi connectivity index (χ4n) is 2.46. The van der Waals surface area contributed by atoms with Crippen molar-refractivity contribution < 1.29 is 26.7 Å². The van der Waals surface area contributed by atoms with Crippen LogP contribution in [-0.4, -0.2) is 44.6 Å². The molecule has 0 spiro atoms. The van der Waals surface area contributed by atoms with Crippen LogP contribution in [0.15, 0.2) is 24.3 Å². The summed E-state index contributed by atoms with van der Waals surface area (Å²) in [6.45, 7) is -2.53. The number of carbonyl (C=O) groups is 1. The van der Waals surface area contributed by atoms with E-state index in [1.54, 1.807) is 6.07 Å². The normalized spacial score (nSPS) is 19.6. The summed E-state index contributed by atoms with van der Waals surface area (Å²) in [5.41, 5.74) is 0.134. The van der Waals surface area contributed by atoms with Crippen LogP contribution in [0.1, 0.15) is 12.8 Å². The monoisotopic (exact) mass is 348 g/mol. The zero-order valence-corrected chi connectivity index (χ0v) is 13.4. The maximum absolute atomic E-state index is 12.4. The third-order valence-electron chi connectivity index (χ3n) is 3.58. The van der Waals surface area contributed by atoms with Gasteiger partial charge in [0.25, 0.3) is 0 Å². The highest BCUT2D eigenvalue weighted by Gasteiger charge is 2.30. The van der Waals surface area contributed by atoms with Crippen LogP contribution in [0, 0.1) is 5.92 Å². The third kappa shape index (κ3) is 4.87. The number of hydrogen-bond acceptors (Lipinski definition) is 4. The van der Waals surface area contributed by atoms with Crippen LogP contribution < -0.4 is 10.1 Å². The van der Waals surface area contributed by atoms with Crippen LogP contribution in [0.4, 0.5) is 14.5 Å². The van der Waals surface area contributed by atoms with Gasteiger partial charge in [0, 0.05) is 13.1 Å². The summed E-state index contributed by atoms with van der Waals surface area (Å²) in [5.74, 6) is -1.08. The molecule has 6 nitrogen and oxygen atoms in total. The van der Waals surface area contributed by atoms with Gasteiger partial charge in [-0.15, -0.1) is 0 Å². The molecule has 0 unspecified atom stereocenters. The van der Waals surface area contributed by atoms with E-state index < -0.39 is 28.5 Å². The molecule has 1 heterocycles. The van der Waals surface area contributed by atoms with Gasteiger partial charge in [0.1, 0.15) is 5.75 Å². The first-order chi connectivity index (χ1) is 10.8. The Labute approximate surface area is 133 Å². The van der Waals surface area contributed by atoms with Gasteiger partial charge in [-0.25, -0.2) is 12.7 Å². The fraction of sp³-hybridized carbons (Fsp3) is 0.500. The van der Waals surface area contributed by atoms with Crippen molar-refractivity contribution in [3.63, 3.8) is 0 Å². The average molecular weight is 348 g/mol. The number of sulfonamides is 1. The number of carbonyl (C=O) groups excluding carboxylic acids is 1. The number of ether oxygens (including phenoxy) is 1. The number of rotatable bonds is 5. The molecule has 0 radical (unpaired) electrons. The van der Waals surface area contributed by atoms with Crippen molar-refractivity contribution in [2.24, 2.45) is 5.92 Å². The molecule has 1 N–H and O–H groups in total. The second kappa shape index (κ2) is 7.22. The van der Waals surface area contributed by atoms with E-state index >= 15 is 0 Å². The van der Waals surface area contributed by atoms with Crippen LogP contribution in [-0.2, 0) is 14.8 Å². The Morgan fingerprint density at radius 3 is 2.74 bits per heavy atom. The van der Waals surface area contributed by atoms with Crippen molar-refractivity contribution >= 4 is 21.6 Å². The van der Waals surface area contributed by atoms with Crippen LogP contribution in [0.3, 0.4) is 0 Å². The minimum atomic E-state index is -3.36. The maximum atomic E-state index is 12.4. The van der Waals surface area contributed by atoms with Crippen molar-refractivity contribution in [1.29, 1.82) is 0 Å². The van der Waals surface area contributed by atoms with E-state index in [1.165, 1.54) is 22.5 Å². The van der Waals surface area contributed by atoms with E-state index in [1.807, 2.05) is 0 Å². The molecule has 0 aliphatic carbocycles. The quantitative estimate of drug-likeness (QED) is 0.882. The standard InChI is InChI=1S/C14H18F2N2O4S/c1-23(20,21)18-8-4-5-10(9-18)13(19)17-11-6-2-3-7-12(11)22-14(15)16/h2-3,6-7,10,14H,4-5,8-9H2,1H3,(H,17,19)/t10-/m1/s1. The maximum Gasteiger partial charge on any atom is 0.387 e. The number of halogens is 2. The lowest BCUT2D eigenvalue weighted by atomic mass is 9.98. The molecule has 0 bridgehead atoms. The lowest BCUT2D eigenvalue weighted by Crippen LogP contribution is -2.43. The summed E-state index contributed by atoms with van der Waals surface area (Å²) in [4.78, 5) is 12.3. The highest BCUT2D eigenvalue weighted by molar-refractivity contribution is 7.88. The van der Waals surface area contributed by atoms with Gasteiger partial charge in [0.2, 0.25) is 15.9 Å². The van der Waals surface area contributed by atoms with Gasteiger partial charge in [-0.3, -0.25) is 4.79 Å². The Hall–Kier alpha value is -1.74. The number of hydrogen-bond donors (Lipinski definition) is 1. The van der Waals surface area contributed by atoms with E-state index in [-0.39, 0.29) is 18.0 Å². The SMILES string of the molecule is CS(=O)(=O)N1CCC[C@@H](C(=O)Nc2ccccc2OC(F)F)C1. The first-order valence-corrected chi connectivity index (χ1v) is 8.92. The van der Waals surface area contributed by atoms with Gasteiger partial charge in [-0.2, -0.15) is 8.78 Å². The number of para-hydroxylation sites is 2. The Bertz CT molecular complexity index is 666. The predicted octanol–water partition coefficient (Wildman–Crippen LogP) is 1.90. The van der Waals surface area contributed by atoms with Gasteiger partial charge >= 0.3 is 6.61 Å². The van der Waals surface area contributed by atoms with Gasteiger partial charge < -0.3 is 10.1 Å². The van der Waals surface area contributed by atoms with E-state index in [0.717, 1.165) is 6.26 Å². The predicted molar refractivity (Wildman–Crippen MR) is 80.8 cm³/mol. The largest absolute Gasteiger partial charge is 0.433 e. The number of amides is 1. The molecule has 1 atom stereocenters. The molecule has 2 rings (SSSR count). The van der Waals surface area contributed by atoms with Crippen LogP contribution >= 0.6 is 0 Å². The van der Waals surface area contributed by atoms with E-state index in [2.05, 4.69) is 10.1 Å². The Morgan fingerprint density at radius 1 is 1.39 bits per heavy atom. The molecule has 0 aromatic heterocycles.